The number of para-hydroxylation sites is 1. The molecule has 6 nitrogen and oxygen atoms in total. The van der Waals surface area contributed by atoms with E-state index in [9.17, 15) is 19.4 Å². The average molecular weight is 433 g/mol. The Labute approximate surface area is 172 Å². The van der Waals surface area contributed by atoms with Crippen molar-refractivity contribution in [2.75, 3.05) is 5.43 Å². The van der Waals surface area contributed by atoms with Crippen molar-refractivity contribution in [1.29, 1.82) is 0 Å². The molecule has 0 amide bonds. The second-order valence-electron chi connectivity index (χ2n) is 6.06. The summed E-state index contributed by atoms with van der Waals surface area (Å²) < 4.78 is 18.7. The summed E-state index contributed by atoms with van der Waals surface area (Å²) in [6.07, 6.45) is 1.41. The van der Waals surface area contributed by atoms with E-state index in [0.717, 1.165) is 0 Å². The van der Waals surface area contributed by atoms with E-state index >= 15 is 0 Å². The van der Waals surface area contributed by atoms with Crippen molar-refractivity contribution in [3.8, 4) is 11.5 Å². The largest absolute Gasteiger partial charge is 0.505 e. The Kier molecular flexibility index (Phi) is 4.77. The minimum atomic E-state index is -0.615. The monoisotopic (exact) mass is 432 g/mol. The van der Waals surface area contributed by atoms with Gasteiger partial charge in [-0.25, -0.2) is 4.39 Å². The molecule has 0 aliphatic carbocycles. The van der Waals surface area contributed by atoms with Gasteiger partial charge in [-0.1, -0.05) is 29.3 Å². The molecule has 0 aliphatic rings. The van der Waals surface area contributed by atoms with Crippen LogP contribution < -0.4 is 10.9 Å². The standard InChI is InChI=1S/C20H11Cl2FN2O4/c21-14-17(27)13-16(26)12-3-1-2-9(19(12)29-20(13)15(22)18(14)28)8-24-25-11-6-4-10(23)5-7-11/h1-8,25,27-28H/b24-8-. The van der Waals surface area contributed by atoms with Gasteiger partial charge in [0.25, 0.3) is 0 Å². The van der Waals surface area contributed by atoms with Gasteiger partial charge in [-0.3, -0.25) is 10.2 Å². The number of benzene rings is 3. The van der Waals surface area contributed by atoms with Gasteiger partial charge in [-0.2, -0.15) is 5.10 Å². The van der Waals surface area contributed by atoms with Crippen molar-refractivity contribution in [3.05, 3.63) is 74.1 Å². The highest BCUT2D eigenvalue weighted by Crippen LogP contribution is 2.45. The van der Waals surface area contributed by atoms with Gasteiger partial charge in [-0.05, 0) is 36.4 Å². The molecule has 1 heterocycles. The fourth-order valence-corrected chi connectivity index (χ4v) is 3.30. The highest BCUT2D eigenvalue weighted by molar-refractivity contribution is 6.42. The lowest BCUT2D eigenvalue weighted by Crippen LogP contribution is -2.04. The maximum Gasteiger partial charge on any atom is 0.204 e. The summed E-state index contributed by atoms with van der Waals surface area (Å²) in [5.41, 5.74) is 3.11. The number of aromatic hydroxyl groups is 2. The number of nitrogens with one attached hydrogen (secondary N) is 1. The molecular formula is C20H11Cl2FN2O4. The summed E-state index contributed by atoms with van der Waals surface area (Å²) in [5, 5.41) is 23.4. The van der Waals surface area contributed by atoms with Crippen molar-refractivity contribution >= 4 is 57.0 Å². The molecule has 0 fully saturated rings. The van der Waals surface area contributed by atoms with Crippen molar-refractivity contribution < 1.29 is 19.0 Å². The molecule has 0 radical (unpaired) electrons. The van der Waals surface area contributed by atoms with E-state index in [1.54, 1.807) is 12.1 Å². The summed E-state index contributed by atoms with van der Waals surface area (Å²) in [7, 11) is 0. The third kappa shape index (κ3) is 3.24. The zero-order valence-corrected chi connectivity index (χ0v) is 15.9. The summed E-state index contributed by atoms with van der Waals surface area (Å²) in [4.78, 5) is 12.9. The summed E-state index contributed by atoms with van der Waals surface area (Å²) in [5.74, 6) is -1.58. The molecule has 0 saturated carbocycles. The zero-order chi connectivity index (χ0) is 20.7. The molecule has 146 valence electrons. The first-order chi connectivity index (χ1) is 13.9. The predicted molar refractivity (Wildman–Crippen MR) is 111 cm³/mol. The molecule has 4 aromatic rings. The van der Waals surface area contributed by atoms with E-state index in [-0.39, 0.29) is 32.8 Å². The third-order valence-corrected chi connectivity index (χ3v) is 4.96. The normalized spacial score (nSPS) is 11.6. The molecule has 0 unspecified atom stereocenters. The Morgan fingerprint density at radius 1 is 1.00 bits per heavy atom. The van der Waals surface area contributed by atoms with Crippen LogP contribution in [0.15, 0.2) is 56.8 Å². The second-order valence-corrected chi connectivity index (χ2v) is 6.82. The van der Waals surface area contributed by atoms with E-state index in [0.29, 0.717) is 11.3 Å². The summed E-state index contributed by atoms with van der Waals surface area (Å²) >= 11 is 11.9. The van der Waals surface area contributed by atoms with Crippen molar-refractivity contribution in [3.63, 3.8) is 0 Å². The van der Waals surface area contributed by atoms with Gasteiger partial charge in [0.2, 0.25) is 5.43 Å². The molecule has 0 bridgehead atoms. The van der Waals surface area contributed by atoms with Crippen LogP contribution in [0.4, 0.5) is 10.1 Å². The smallest absolute Gasteiger partial charge is 0.204 e. The van der Waals surface area contributed by atoms with Gasteiger partial charge in [0, 0.05) is 5.56 Å². The van der Waals surface area contributed by atoms with Gasteiger partial charge in [0.15, 0.2) is 17.1 Å². The molecule has 9 heteroatoms. The number of hydrogen-bond acceptors (Lipinski definition) is 6. The number of hydrazone groups is 1. The van der Waals surface area contributed by atoms with E-state index in [2.05, 4.69) is 10.5 Å². The molecule has 0 saturated heterocycles. The van der Waals surface area contributed by atoms with E-state index < -0.39 is 22.0 Å². The molecule has 0 spiro atoms. The Morgan fingerprint density at radius 2 is 1.72 bits per heavy atom. The first-order valence-electron chi connectivity index (χ1n) is 8.21. The van der Waals surface area contributed by atoms with Gasteiger partial charge in [-0.15, -0.1) is 0 Å². The Balaban J connectivity index is 1.87. The van der Waals surface area contributed by atoms with E-state index in [4.69, 9.17) is 27.6 Å². The maximum atomic E-state index is 13.0. The fourth-order valence-electron chi connectivity index (χ4n) is 2.84. The lowest BCUT2D eigenvalue weighted by molar-refractivity contribution is 0.453. The maximum absolute atomic E-state index is 13.0. The lowest BCUT2D eigenvalue weighted by atomic mass is 10.1. The number of phenols is 2. The van der Waals surface area contributed by atoms with Crippen LogP contribution in [0.3, 0.4) is 0 Å². The molecule has 0 aliphatic heterocycles. The molecule has 3 N–H and O–H groups in total. The topological polar surface area (TPSA) is 95.1 Å². The van der Waals surface area contributed by atoms with Crippen LogP contribution in [0.2, 0.25) is 10.0 Å². The number of rotatable bonds is 3. The van der Waals surface area contributed by atoms with Crippen LogP contribution in [0.25, 0.3) is 21.9 Å². The second kappa shape index (κ2) is 7.27. The minimum Gasteiger partial charge on any atom is -0.505 e. The lowest BCUT2D eigenvalue weighted by Gasteiger charge is -2.09. The SMILES string of the molecule is O=c1c2cccc(/C=N\Nc3ccc(F)cc3)c2oc2c(Cl)c(O)c(Cl)c(O)c12. The van der Waals surface area contributed by atoms with Gasteiger partial charge in [0.05, 0.1) is 17.3 Å². The molecule has 0 atom stereocenters. The zero-order valence-electron chi connectivity index (χ0n) is 14.4. The van der Waals surface area contributed by atoms with Gasteiger partial charge in [0.1, 0.15) is 26.8 Å². The molecule has 3 aromatic carbocycles. The first-order valence-corrected chi connectivity index (χ1v) is 8.97. The van der Waals surface area contributed by atoms with Crippen LogP contribution in [0, 0.1) is 5.82 Å². The number of hydrogen-bond donors (Lipinski definition) is 3. The van der Waals surface area contributed by atoms with Crippen molar-refractivity contribution in [1.82, 2.24) is 0 Å². The molecule has 1 aromatic heterocycles. The highest BCUT2D eigenvalue weighted by Gasteiger charge is 2.22. The van der Waals surface area contributed by atoms with Gasteiger partial charge >= 0.3 is 0 Å². The van der Waals surface area contributed by atoms with Crippen molar-refractivity contribution in [2.24, 2.45) is 5.10 Å². The average Bonchev–Trinajstić information content (AvgIpc) is 2.72. The predicted octanol–water partition coefficient (Wildman–Crippen LogP) is 5.25. The van der Waals surface area contributed by atoms with Crippen LogP contribution in [-0.2, 0) is 0 Å². The van der Waals surface area contributed by atoms with Gasteiger partial charge < -0.3 is 14.6 Å². The number of halogens is 3. The minimum absolute atomic E-state index is 0.151. The molecular weight excluding hydrogens is 422 g/mol. The Hall–Kier alpha value is -3.29. The first kappa shape index (κ1) is 19.0. The third-order valence-electron chi connectivity index (χ3n) is 4.25. The number of nitrogens with zero attached hydrogens (tertiary/aromatic N) is 1. The summed E-state index contributed by atoms with van der Waals surface area (Å²) in [6, 6.07) is 10.4. The molecule has 4 rings (SSSR count). The number of fused-ring (bicyclic) bond motifs is 2. The number of anilines is 1. The fraction of sp³-hybridized carbons (Fsp3) is 0. The van der Waals surface area contributed by atoms with Crippen LogP contribution in [-0.4, -0.2) is 16.4 Å². The van der Waals surface area contributed by atoms with Crippen LogP contribution in [0.1, 0.15) is 5.56 Å². The number of phenolic OH excluding ortho intramolecular Hbond substituents is 2. The van der Waals surface area contributed by atoms with E-state index in [1.807, 2.05) is 0 Å². The van der Waals surface area contributed by atoms with Crippen LogP contribution in [0.5, 0.6) is 11.5 Å². The van der Waals surface area contributed by atoms with Crippen molar-refractivity contribution in [2.45, 2.75) is 0 Å². The summed E-state index contributed by atoms with van der Waals surface area (Å²) in [6.45, 7) is 0. The quantitative estimate of drug-likeness (QED) is 0.233. The van der Waals surface area contributed by atoms with Crippen LogP contribution >= 0.6 is 23.2 Å². The molecule has 29 heavy (non-hydrogen) atoms. The van der Waals surface area contributed by atoms with E-state index in [1.165, 1.54) is 36.5 Å². The Bertz CT molecular complexity index is 1350. The highest BCUT2D eigenvalue weighted by atomic mass is 35.5. The Morgan fingerprint density at radius 3 is 2.45 bits per heavy atom.